The molecule has 0 aliphatic heterocycles. The number of benzene rings is 1. The lowest BCUT2D eigenvalue weighted by molar-refractivity contribution is -0.124. The molecule has 1 saturated carbocycles. The Labute approximate surface area is 266 Å². The van der Waals surface area contributed by atoms with Crippen molar-refractivity contribution in [1.29, 1.82) is 0 Å². The summed E-state index contributed by atoms with van der Waals surface area (Å²) in [7, 11) is -3.26. The molecule has 240 valence electrons. The topological polar surface area (TPSA) is 113 Å². The van der Waals surface area contributed by atoms with E-state index in [4.69, 9.17) is 4.74 Å². The number of aromatic carboxylic acids is 1. The van der Waals surface area contributed by atoms with E-state index in [0.717, 1.165) is 49.0 Å². The maximum absolute atomic E-state index is 14.2. The molecule has 8 nitrogen and oxygen atoms in total. The van der Waals surface area contributed by atoms with Gasteiger partial charge in [0.1, 0.15) is 11.5 Å². The van der Waals surface area contributed by atoms with Crippen LogP contribution in [0.5, 0.6) is 0 Å². The number of amides is 1. The van der Waals surface area contributed by atoms with Crippen molar-refractivity contribution < 1.29 is 27.9 Å². The van der Waals surface area contributed by atoms with E-state index in [1.54, 1.807) is 35.2 Å². The van der Waals surface area contributed by atoms with Crippen molar-refractivity contribution in [2.75, 3.05) is 17.7 Å². The van der Waals surface area contributed by atoms with E-state index < -0.39 is 15.8 Å². The monoisotopic (exact) mass is 642 g/mol. The quantitative estimate of drug-likeness (QED) is 0.140. The van der Waals surface area contributed by atoms with Crippen LogP contribution in [0.4, 0.5) is 5.69 Å². The molecule has 1 N–H and O–H groups in total. The minimum Gasteiger partial charge on any atom is -0.479 e. The molecule has 3 rings (SSSR count). The highest BCUT2D eigenvalue weighted by molar-refractivity contribution is 7.90. The van der Waals surface area contributed by atoms with Gasteiger partial charge in [0, 0.05) is 30.2 Å². The molecule has 1 aromatic carbocycles. The van der Waals surface area contributed by atoms with E-state index in [2.05, 4.69) is 30.7 Å². The number of rotatable bonds is 13. The number of ether oxygens (including phenoxy) is 1. The average Bonchev–Trinajstić information content (AvgIpc) is 3.38. The normalized spacial score (nSPS) is 18.0. The first-order valence-corrected chi connectivity index (χ1v) is 18.0. The van der Waals surface area contributed by atoms with Gasteiger partial charge < -0.3 is 14.7 Å². The predicted octanol–water partition coefficient (Wildman–Crippen LogP) is 7.21. The van der Waals surface area contributed by atoms with Crippen LogP contribution in [0.2, 0.25) is 0 Å². The molecule has 0 saturated heterocycles. The van der Waals surface area contributed by atoms with Crippen molar-refractivity contribution in [1.82, 2.24) is 0 Å². The van der Waals surface area contributed by atoms with Crippen molar-refractivity contribution in [2.24, 2.45) is 22.2 Å². The third-order valence-electron chi connectivity index (χ3n) is 7.66. The smallest absolute Gasteiger partial charge is 0.348 e. The Bertz CT molecular complexity index is 1470. The number of anilines is 1. The zero-order valence-electron chi connectivity index (χ0n) is 26.8. The number of sulfone groups is 1. The van der Waals surface area contributed by atoms with Crippen LogP contribution in [0.15, 0.2) is 40.2 Å². The maximum Gasteiger partial charge on any atom is 0.348 e. The fraction of sp³-hybridized carbons (Fsp3) is 0.559. The van der Waals surface area contributed by atoms with Gasteiger partial charge in [0.05, 0.1) is 15.5 Å². The third-order valence-corrected chi connectivity index (χ3v) is 9.81. The number of carbonyl (C=O) groups excluding carboxylic acids is 1. The first-order valence-electron chi connectivity index (χ1n) is 15.3. The summed E-state index contributed by atoms with van der Waals surface area (Å²) in [5.41, 5.74) is 1.00. The van der Waals surface area contributed by atoms with Crippen LogP contribution in [0, 0.1) is 29.1 Å². The van der Waals surface area contributed by atoms with Crippen molar-refractivity contribution in [3.8, 4) is 11.8 Å². The average molecular weight is 643 g/mol. The first-order chi connectivity index (χ1) is 20.7. The molecule has 0 radical (unpaired) electrons. The van der Waals surface area contributed by atoms with Crippen molar-refractivity contribution in [2.45, 2.75) is 97.1 Å². The summed E-state index contributed by atoms with van der Waals surface area (Å²) in [6.45, 7) is 10.9. The highest BCUT2D eigenvalue weighted by atomic mass is 32.2. The number of aliphatic imine (C=N–C) groups is 1. The molecule has 1 atom stereocenters. The van der Waals surface area contributed by atoms with Crippen LogP contribution in [0.3, 0.4) is 0 Å². The van der Waals surface area contributed by atoms with Crippen molar-refractivity contribution >= 4 is 45.1 Å². The summed E-state index contributed by atoms with van der Waals surface area (Å²) < 4.78 is 28.9. The number of thiophene rings is 1. The van der Waals surface area contributed by atoms with Gasteiger partial charge in [0.25, 0.3) is 0 Å². The molecule has 1 aromatic heterocycles. The van der Waals surface area contributed by atoms with Crippen LogP contribution >= 0.6 is 11.3 Å². The zero-order chi connectivity index (χ0) is 32.5. The maximum atomic E-state index is 14.2. The molecular weight excluding hydrogens is 597 g/mol. The second kappa shape index (κ2) is 15.7. The Hall–Kier alpha value is -3.16. The highest BCUT2D eigenvalue weighted by Crippen LogP contribution is 2.37. The fourth-order valence-electron chi connectivity index (χ4n) is 5.25. The van der Waals surface area contributed by atoms with Gasteiger partial charge in [-0.25, -0.2) is 13.2 Å². The lowest BCUT2D eigenvalue weighted by Gasteiger charge is -2.36. The molecule has 2 aromatic rings. The Morgan fingerprint density at radius 3 is 2.39 bits per heavy atom. The van der Waals surface area contributed by atoms with Gasteiger partial charge in [-0.15, -0.1) is 11.3 Å². The molecule has 1 heterocycles. The number of carboxylic acids is 1. The summed E-state index contributed by atoms with van der Waals surface area (Å²) in [6.07, 6.45) is 8.20. The van der Waals surface area contributed by atoms with Crippen LogP contribution in [0.25, 0.3) is 0 Å². The molecular formula is C34H46N2O6S2. The predicted molar refractivity (Wildman–Crippen MR) is 177 cm³/mol. The van der Waals surface area contributed by atoms with Gasteiger partial charge in [-0.2, -0.15) is 0 Å². The van der Waals surface area contributed by atoms with Crippen molar-refractivity contribution in [3.05, 3.63) is 45.6 Å². The van der Waals surface area contributed by atoms with Gasteiger partial charge in [0.15, 0.2) is 16.2 Å². The number of carbonyl (C=O) groups is 2. The Balaban J connectivity index is 1.82. The summed E-state index contributed by atoms with van der Waals surface area (Å²) in [6, 6.07) is 8.06. The van der Waals surface area contributed by atoms with E-state index >= 15 is 0 Å². The largest absolute Gasteiger partial charge is 0.479 e. The molecule has 0 spiro atoms. The second-order valence-electron chi connectivity index (χ2n) is 12.8. The number of hydrogen-bond donors (Lipinski definition) is 1. The van der Waals surface area contributed by atoms with Gasteiger partial charge in [-0.3, -0.25) is 9.79 Å². The Morgan fingerprint density at radius 1 is 1.16 bits per heavy atom. The Morgan fingerprint density at radius 2 is 1.82 bits per heavy atom. The van der Waals surface area contributed by atoms with Crippen molar-refractivity contribution in [3.63, 3.8) is 0 Å². The van der Waals surface area contributed by atoms with Gasteiger partial charge in [0.2, 0.25) is 5.91 Å². The standard InChI is InChI=1S/C34H46N2O6S2/c1-7-8-27(18-20-35-23-42-22-25-11-15-29(16-12-25)44(6,40)41)36(32(37)26-13-9-24(2)10-14-26)30-21-28(17-19-34(3,4)5)43-31(30)33(38)39/h11-12,15-16,21,23-24,26-27H,7-10,13-14,18,20,22H2,1-6H3,(H,38,39)/t24-,26-,27-/m1/s1. The molecule has 44 heavy (non-hydrogen) atoms. The molecule has 10 heteroatoms. The Kier molecular flexibility index (Phi) is 12.6. The van der Waals surface area contributed by atoms with Gasteiger partial charge >= 0.3 is 5.97 Å². The molecule has 1 aliphatic rings. The number of carboxylic acid groups (broad SMARTS) is 1. The van der Waals surface area contributed by atoms with Gasteiger partial charge in [-0.1, -0.05) is 44.2 Å². The summed E-state index contributed by atoms with van der Waals surface area (Å²) in [5, 5.41) is 10.2. The molecule has 0 bridgehead atoms. The SMILES string of the molecule is CCC[C@H](CCN=COCc1ccc(S(C)(=O)=O)cc1)N(c1cc(C#CC(C)(C)C)sc1C(=O)O)C(=O)[C@H]1CC[C@H](C)CC1. The van der Waals surface area contributed by atoms with E-state index in [0.29, 0.717) is 35.9 Å². The number of nitrogens with zero attached hydrogens (tertiary/aromatic N) is 2. The molecule has 0 unspecified atom stereocenters. The summed E-state index contributed by atoms with van der Waals surface area (Å²) >= 11 is 1.12. The minimum absolute atomic E-state index is 0.0104. The van der Waals surface area contributed by atoms with Crippen LogP contribution in [-0.2, 0) is 26.0 Å². The molecule has 1 aliphatic carbocycles. The van der Waals surface area contributed by atoms with E-state index in [-0.39, 0.29) is 39.7 Å². The first kappa shape index (κ1) is 35.3. The third kappa shape index (κ3) is 10.5. The van der Waals surface area contributed by atoms with E-state index in [1.165, 1.54) is 12.7 Å². The fourth-order valence-corrected chi connectivity index (χ4v) is 6.73. The van der Waals surface area contributed by atoms with Crippen LogP contribution < -0.4 is 4.90 Å². The molecule has 1 amide bonds. The van der Waals surface area contributed by atoms with Crippen LogP contribution in [0.1, 0.15) is 99.7 Å². The zero-order valence-corrected chi connectivity index (χ0v) is 28.4. The van der Waals surface area contributed by atoms with E-state index in [9.17, 15) is 23.1 Å². The minimum atomic E-state index is -3.26. The molecule has 1 fully saturated rings. The summed E-state index contributed by atoms with van der Waals surface area (Å²) in [4.78, 5) is 33.8. The van der Waals surface area contributed by atoms with E-state index in [1.807, 2.05) is 20.8 Å². The lowest BCUT2D eigenvalue weighted by atomic mass is 9.82. The highest BCUT2D eigenvalue weighted by Gasteiger charge is 2.35. The van der Waals surface area contributed by atoms with Gasteiger partial charge in [-0.05, 0) is 89.0 Å². The number of hydrogen-bond acceptors (Lipinski definition) is 7. The second-order valence-corrected chi connectivity index (χ2v) is 15.8. The lowest BCUT2D eigenvalue weighted by Crippen LogP contribution is -2.45. The summed E-state index contributed by atoms with van der Waals surface area (Å²) in [5.74, 6) is 5.70. The van der Waals surface area contributed by atoms with Crippen LogP contribution in [-0.4, -0.2) is 50.6 Å².